The maximum atomic E-state index is 6.69. The van der Waals surface area contributed by atoms with Crippen molar-refractivity contribution in [2.45, 2.75) is 17.8 Å². The maximum Gasteiger partial charge on any atom is 0.132 e. The summed E-state index contributed by atoms with van der Waals surface area (Å²) in [5.41, 5.74) is 9.43. The lowest BCUT2D eigenvalue weighted by molar-refractivity contribution is 0.341. The van der Waals surface area contributed by atoms with E-state index < -0.39 is 5.41 Å². The Labute approximate surface area is 221 Å². The van der Waals surface area contributed by atoms with Crippen molar-refractivity contribution in [1.29, 1.82) is 0 Å². The molecule has 3 aromatic rings. The standard InChI is InChI=1S/C33H26N3O2/c1-3-10-29-24(7-1)33(26-14-12-21(17-31(26)37-29)23-19-35-36-20-23)25-8-2-4-11-30(25)38-32-18-22(13-15-27(32)33)28-9-5-6-16-34-28/h1-15,17,19,22-23,36H,16,18,20H2/q-1. The summed E-state index contributed by atoms with van der Waals surface area (Å²) in [6.07, 6.45) is 13.6. The third-order valence-corrected chi connectivity index (χ3v) is 8.30. The summed E-state index contributed by atoms with van der Waals surface area (Å²) < 4.78 is 13.3. The first-order valence-electron chi connectivity index (χ1n) is 13.2. The van der Waals surface area contributed by atoms with Crippen molar-refractivity contribution in [2.24, 2.45) is 11.0 Å². The molecule has 0 fully saturated rings. The summed E-state index contributed by atoms with van der Waals surface area (Å²) in [4.78, 5) is 0. The number of fused-ring (bicyclic) bond motifs is 7. The first kappa shape index (κ1) is 21.6. The van der Waals surface area contributed by atoms with Crippen molar-refractivity contribution < 1.29 is 9.47 Å². The van der Waals surface area contributed by atoms with Gasteiger partial charge in [0, 0.05) is 47.4 Å². The molecule has 3 aromatic carbocycles. The Bertz CT molecular complexity index is 1630. The zero-order chi connectivity index (χ0) is 25.1. The van der Waals surface area contributed by atoms with Crippen LogP contribution in [0.25, 0.3) is 5.32 Å². The third kappa shape index (κ3) is 3.02. The number of para-hydroxylation sites is 2. The van der Waals surface area contributed by atoms with Gasteiger partial charge in [-0.2, -0.15) is 10.8 Å². The van der Waals surface area contributed by atoms with Gasteiger partial charge in [-0.15, -0.1) is 12.6 Å². The summed E-state index contributed by atoms with van der Waals surface area (Å²) in [5.74, 6) is 4.08. The Morgan fingerprint density at radius 1 is 0.868 bits per heavy atom. The zero-order valence-electron chi connectivity index (χ0n) is 20.8. The molecule has 3 unspecified atom stereocenters. The summed E-state index contributed by atoms with van der Waals surface area (Å²) >= 11 is 0. The number of hydrogen-bond acceptors (Lipinski definition) is 4. The topological polar surface area (TPSA) is 57.0 Å². The van der Waals surface area contributed by atoms with Crippen LogP contribution in [0.4, 0.5) is 0 Å². The van der Waals surface area contributed by atoms with Gasteiger partial charge in [-0.1, -0.05) is 72.8 Å². The molecule has 0 radical (unpaired) electrons. The quantitative estimate of drug-likeness (QED) is 0.422. The van der Waals surface area contributed by atoms with Gasteiger partial charge < -0.3 is 20.2 Å². The number of hydrazone groups is 1. The summed E-state index contributed by atoms with van der Waals surface area (Å²) in [5, 5.41) is 9.00. The van der Waals surface area contributed by atoms with Crippen molar-refractivity contribution in [3.8, 4) is 17.2 Å². The molecule has 38 heavy (non-hydrogen) atoms. The van der Waals surface area contributed by atoms with Crippen LogP contribution < -0.4 is 14.9 Å². The summed E-state index contributed by atoms with van der Waals surface area (Å²) in [6, 6.07) is 23.6. The van der Waals surface area contributed by atoms with Crippen LogP contribution in [0.2, 0.25) is 0 Å². The Hall–Kier alpha value is -4.51. The maximum absolute atomic E-state index is 6.69. The second-order valence-corrected chi connectivity index (χ2v) is 10.3. The SMILES string of the molecule is C1=CC[N-]C(C2C=CC3=C(C2)Oc2ccccc2C32c3ccccc3Oc3cc(C4C=NNC4)ccc32)=C1. The van der Waals surface area contributed by atoms with Gasteiger partial charge in [0.1, 0.15) is 23.0 Å². The Morgan fingerprint density at radius 2 is 1.66 bits per heavy atom. The minimum atomic E-state index is -0.547. The molecule has 3 atom stereocenters. The molecule has 0 aromatic heterocycles. The van der Waals surface area contributed by atoms with Crippen molar-refractivity contribution in [1.82, 2.24) is 5.43 Å². The van der Waals surface area contributed by atoms with Gasteiger partial charge in [-0.25, -0.2) is 0 Å². The van der Waals surface area contributed by atoms with Crippen molar-refractivity contribution in [3.05, 3.63) is 142 Å². The predicted octanol–water partition coefficient (Wildman–Crippen LogP) is 6.85. The van der Waals surface area contributed by atoms with Crippen LogP contribution in [0.15, 0.2) is 119 Å². The minimum absolute atomic E-state index is 0.187. The number of nitrogens with one attached hydrogen (secondary N) is 1. The van der Waals surface area contributed by atoms with Crippen LogP contribution in [-0.2, 0) is 5.41 Å². The largest absolute Gasteiger partial charge is 0.684 e. The van der Waals surface area contributed by atoms with Gasteiger partial charge in [0.2, 0.25) is 0 Å². The van der Waals surface area contributed by atoms with Gasteiger partial charge >= 0.3 is 0 Å². The van der Waals surface area contributed by atoms with Crippen LogP contribution in [-0.4, -0.2) is 19.3 Å². The van der Waals surface area contributed by atoms with E-state index in [-0.39, 0.29) is 11.8 Å². The monoisotopic (exact) mass is 496 g/mol. The minimum Gasteiger partial charge on any atom is -0.684 e. The normalized spacial score (nSPS) is 25.7. The van der Waals surface area contributed by atoms with Crippen molar-refractivity contribution >= 4 is 6.21 Å². The number of nitrogens with zero attached hydrogens (tertiary/aromatic N) is 2. The molecule has 1 spiro atoms. The van der Waals surface area contributed by atoms with Crippen molar-refractivity contribution in [2.75, 3.05) is 13.1 Å². The fourth-order valence-electron chi connectivity index (χ4n) is 6.56. The van der Waals surface area contributed by atoms with Gasteiger partial charge in [0.25, 0.3) is 0 Å². The molecule has 0 saturated carbocycles. The Balaban J connectivity index is 1.37. The second kappa shape index (κ2) is 8.25. The number of hydrogen-bond donors (Lipinski definition) is 1. The molecular weight excluding hydrogens is 470 g/mol. The van der Waals surface area contributed by atoms with Crippen LogP contribution in [0.5, 0.6) is 17.2 Å². The van der Waals surface area contributed by atoms with E-state index in [1.165, 1.54) is 11.1 Å². The molecule has 5 aliphatic rings. The van der Waals surface area contributed by atoms with Gasteiger partial charge in [0.05, 0.1) is 5.41 Å². The fraction of sp³-hybridized carbons (Fsp3) is 0.182. The number of rotatable bonds is 2. The van der Waals surface area contributed by atoms with Crippen molar-refractivity contribution in [3.63, 3.8) is 0 Å². The number of ether oxygens (including phenoxy) is 2. The molecule has 4 aliphatic heterocycles. The molecule has 186 valence electrons. The van der Waals surface area contributed by atoms with E-state index in [0.29, 0.717) is 0 Å². The highest BCUT2D eigenvalue weighted by Crippen LogP contribution is 2.61. The van der Waals surface area contributed by atoms with E-state index in [1.54, 1.807) is 0 Å². The van der Waals surface area contributed by atoms with E-state index in [1.807, 2.05) is 12.3 Å². The smallest absolute Gasteiger partial charge is 0.132 e. The molecule has 0 saturated heterocycles. The fourth-order valence-corrected chi connectivity index (χ4v) is 6.56. The Kier molecular flexibility index (Phi) is 4.68. The number of allylic oxidation sites excluding steroid dienone is 6. The van der Waals surface area contributed by atoms with Gasteiger partial charge in [-0.05, 0) is 29.7 Å². The highest BCUT2D eigenvalue weighted by atomic mass is 16.5. The highest BCUT2D eigenvalue weighted by molar-refractivity contribution is 5.76. The third-order valence-electron chi connectivity index (χ3n) is 8.30. The highest BCUT2D eigenvalue weighted by Gasteiger charge is 2.51. The molecule has 1 N–H and O–H groups in total. The molecule has 5 heteroatoms. The first-order chi connectivity index (χ1) is 18.8. The number of benzene rings is 3. The first-order valence-corrected chi connectivity index (χ1v) is 13.2. The van der Waals surface area contributed by atoms with E-state index in [4.69, 9.17) is 14.8 Å². The average molecular weight is 497 g/mol. The molecule has 0 amide bonds. The van der Waals surface area contributed by atoms with Crippen LogP contribution in [0.3, 0.4) is 0 Å². The van der Waals surface area contributed by atoms with E-state index in [2.05, 4.69) is 102 Å². The molecule has 5 nitrogen and oxygen atoms in total. The zero-order valence-corrected chi connectivity index (χ0v) is 20.8. The lowest BCUT2D eigenvalue weighted by Crippen LogP contribution is -2.39. The van der Waals surface area contributed by atoms with Gasteiger partial charge in [-0.3, -0.25) is 0 Å². The molecule has 8 rings (SSSR count). The van der Waals surface area contributed by atoms with Crippen LogP contribution in [0.1, 0.15) is 34.6 Å². The van der Waals surface area contributed by atoms with E-state index in [9.17, 15) is 0 Å². The second-order valence-electron chi connectivity index (χ2n) is 10.3. The summed E-state index contributed by atoms with van der Waals surface area (Å²) in [7, 11) is 0. The Morgan fingerprint density at radius 3 is 2.42 bits per heavy atom. The molecular formula is C33H26N3O2-. The molecule has 1 aliphatic carbocycles. The van der Waals surface area contributed by atoms with Crippen LogP contribution >= 0.6 is 0 Å². The van der Waals surface area contributed by atoms with Gasteiger partial charge in [0.15, 0.2) is 0 Å². The summed E-state index contributed by atoms with van der Waals surface area (Å²) in [6.45, 7) is 1.53. The van der Waals surface area contributed by atoms with Crippen LogP contribution in [0, 0.1) is 5.92 Å². The lowest BCUT2D eigenvalue weighted by Gasteiger charge is -2.47. The molecule has 4 heterocycles. The molecule has 0 bridgehead atoms. The van der Waals surface area contributed by atoms with E-state index >= 15 is 0 Å². The lowest BCUT2D eigenvalue weighted by atomic mass is 9.60. The van der Waals surface area contributed by atoms with E-state index in [0.717, 1.165) is 64.9 Å². The predicted molar refractivity (Wildman–Crippen MR) is 149 cm³/mol. The average Bonchev–Trinajstić information content (AvgIpc) is 3.52.